The number of halogens is 2. The van der Waals surface area contributed by atoms with Gasteiger partial charge in [-0.05, 0) is 40.2 Å². The van der Waals surface area contributed by atoms with Crippen LogP contribution in [0.5, 0.6) is 0 Å². The molecule has 0 radical (unpaired) electrons. The maximum absolute atomic E-state index is 12.5. The summed E-state index contributed by atoms with van der Waals surface area (Å²) in [6, 6.07) is 10.4. The molecule has 0 aliphatic heterocycles. The minimum atomic E-state index is -1.09. The predicted octanol–water partition coefficient (Wildman–Crippen LogP) is 4.28. The van der Waals surface area contributed by atoms with Crippen molar-refractivity contribution in [2.45, 2.75) is 0 Å². The summed E-state index contributed by atoms with van der Waals surface area (Å²) >= 11 is 7.84. The third-order valence-corrected chi connectivity index (χ3v) is 5.10. The molecule has 7 heteroatoms. The van der Waals surface area contributed by atoms with E-state index in [2.05, 4.69) is 31.9 Å². The number of hydrogen-bond donors (Lipinski definition) is 1. The standard InChI is InChI=1S/C14H7Br2NO3S/c15-7-5-9(14(19)20)12(10(16)6-7)17-13(18)8-3-1-2-4-11(8)21-17/h1-6H,(H,19,20). The Bertz CT molecular complexity index is 930. The van der Waals surface area contributed by atoms with Gasteiger partial charge in [0.25, 0.3) is 5.56 Å². The van der Waals surface area contributed by atoms with Gasteiger partial charge in [0, 0.05) is 8.95 Å². The normalized spacial score (nSPS) is 11.0. The van der Waals surface area contributed by atoms with Crippen LogP contribution in [0.3, 0.4) is 0 Å². The number of aromatic carboxylic acids is 1. The summed E-state index contributed by atoms with van der Waals surface area (Å²) in [5.41, 5.74) is 0.183. The van der Waals surface area contributed by atoms with Crippen LogP contribution in [-0.4, -0.2) is 15.0 Å². The van der Waals surface area contributed by atoms with Crippen molar-refractivity contribution in [3.05, 3.63) is 61.3 Å². The molecule has 0 saturated heterocycles. The van der Waals surface area contributed by atoms with Crippen LogP contribution >= 0.6 is 43.4 Å². The highest BCUT2D eigenvalue weighted by Gasteiger charge is 2.19. The van der Waals surface area contributed by atoms with Crippen molar-refractivity contribution in [2.24, 2.45) is 0 Å². The first-order valence-corrected chi connectivity index (χ1v) is 8.19. The van der Waals surface area contributed by atoms with Gasteiger partial charge >= 0.3 is 5.97 Å². The molecule has 1 N–H and O–H groups in total. The maximum Gasteiger partial charge on any atom is 0.337 e. The van der Waals surface area contributed by atoms with Crippen molar-refractivity contribution in [2.75, 3.05) is 0 Å². The number of nitrogens with zero attached hydrogens (tertiary/aromatic N) is 1. The van der Waals surface area contributed by atoms with Crippen LogP contribution in [0.15, 0.2) is 50.1 Å². The smallest absolute Gasteiger partial charge is 0.337 e. The lowest BCUT2D eigenvalue weighted by atomic mass is 10.2. The fraction of sp³-hybridized carbons (Fsp3) is 0. The molecule has 106 valence electrons. The average molecular weight is 429 g/mol. The number of carboxylic acid groups (broad SMARTS) is 1. The summed E-state index contributed by atoms with van der Waals surface area (Å²) in [5, 5.41) is 9.97. The zero-order valence-electron chi connectivity index (χ0n) is 10.3. The van der Waals surface area contributed by atoms with Crippen molar-refractivity contribution in [3.63, 3.8) is 0 Å². The molecule has 0 bridgehead atoms. The van der Waals surface area contributed by atoms with Gasteiger partial charge in [0.05, 0.1) is 21.3 Å². The molecule has 0 amide bonds. The molecule has 1 aromatic heterocycles. The van der Waals surface area contributed by atoms with Crippen LogP contribution in [0.2, 0.25) is 0 Å². The Morgan fingerprint density at radius 2 is 1.90 bits per heavy atom. The molecular formula is C14H7Br2NO3S. The van der Waals surface area contributed by atoms with E-state index in [1.165, 1.54) is 21.6 Å². The highest BCUT2D eigenvalue weighted by Crippen LogP contribution is 2.31. The Labute approximate surface area is 140 Å². The summed E-state index contributed by atoms with van der Waals surface area (Å²) in [6.45, 7) is 0. The van der Waals surface area contributed by atoms with Gasteiger partial charge in [0.2, 0.25) is 0 Å². The van der Waals surface area contributed by atoms with E-state index in [9.17, 15) is 14.7 Å². The van der Waals surface area contributed by atoms with Gasteiger partial charge < -0.3 is 5.11 Å². The van der Waals surface area contributed by atoms with Gasteiger partial charge in [0.15, 0.2) is 0 Å². The number of carboxylic acids is 1. The number of aromatic nitrogens is 1. The number of fused-ring (bicyclic) bond motifs is 1. The summed E-state index contributed by atoms with van der Waals surface area (Å²) in [5.74, 6) is -1.09. The van der Waals surface area contributed by atoms with E-state index in [0.29, 0.717) is 20.0 Å². The fourth-order valence-corrected chi connectivity index (χ4v) is 4.63. The number of hydrogen-bond acceptors (Lipinski definition) is 3. The van der Waals surface area contributed by atoms with Crippen LogP contribution in [0.1, 0.15) is 10.4 Å². The first-order valence-electron chi connectivity index (χ1n) is 5.83. The molecule has 21 heavy (non-hydrogen) atoms. The van der Waals surface area contributed by atoms with Crippen LogP contribution < -0.4 is 5.56 Å². The molecule has 0 fully saturated rings. The number of benzene rings is 2. The van der Waals surface area contributed by atoms with E-state index in [4.69, 9.17) is 0 Å². The Morgan fingerprint density at radius 3 is 2.57 bits per heavy atom. The lowest BCUT2D eigenvalue weighted by Crippen LogP contribution is -2.15. The Kier molecular flexibility index (Phi) is 3.73. The van der Waals surface area contributed by atoms with Crippen molar-refractivity contribution in [1.82, 2.24) is 3.96 Å². The van der Waals surface area contributed by atoms with Gasteiger partial charge in [0.1, 0.15) is 0 Å². The SMILES string of the molecule is O=C(O)c1cc(Br)cc(Br)c1-n1sc2ccccc2c1=O. The van der Waals surface area contributed by atoms with Crippen LogP contribution in [-0.2, 0) is 0 Å². The minimum absolute atomic E-state index is 0.0601. The van der Waals surface area contributed by atoms with E-state index >= 15 is 0 Å². The zero-order chi connectivity index (χ0) is 15.1. The lowest BCUT2D eigenvalue weighted by Gasteiger charge is -2.09. The Balaban J connectivity index is 2.40. The van der Waals surface area contributed by atoms with Gasteiger partial charge in [-0.15, -0.1) is 0 Å². The van der Waals surface area contributed by atoms with E-state index < -0.39 is 5.97 Å². The minimum Gasteiger partial charge on any atom is -0.478 e. The van der Waals surface area contributed by atoms with Crippen LogP contribution in [0, 0.1) is 0 Å². The fourth-order valence-electron chi connectivity index (χ4n) is 2.05. The number of carbonyl (C=O) groups is 1. The van der Waals surface area contributed by atoms with Crippen molar-refractivity contribution < 1.29 is 9.90 Å². The van der Waals surface area contributed by atoms with Crippen molar-refractivity contribution in [3.8, 4) is 5.69 Å². The van der Waals surface area contributed by atoms with Crippen molar-refractivity contribution >= 4 is 59.4 Å². The maximum atomic E-state index is 12.5. The topological polar surface area (TPSA) is 59.3 Å². The molecule has 0 unspecified atom stereocenters. The largest absolute Gasteiger partial charge is 0.478 e. The summed E-state index contributed by atoms with van der Waals surface area (Å²) in [4.78, 5) is 24.0. The monoisotopic (exact) mass is 427 g/mol. The second-order valence-corrected chi connectivity index (χ2v) is 7.03. The van der Waals surface area contributed by atoms with Crippen molar-refractivity contribution in [1.29, 1.82) is 0 Å². The molecule has 0 atom stereocenters. The van der Waals surface area contributed by atoms with Gasteiger partial charge in [-0.1, -0.05) is 39.6 Å². The molecule has 4 nitrogen and oxygen atoms in total. The molecule has 3 rings (SSSR count). The third kappa shape index (κ3) is 2.45. The molecule has 0 aliphatic carbocycles. The van der Waals surface area contributed by atoms with Gasteiger partial charge in [-0.3, -0.25) is 4.79 Å². The molecule has 0 aliphatic rings. The van der Waals surface area contributed by atoms with E-state index in [1.807, 2.05) is 12.1 Å². The summed E-state index contributed by atoms with van der Waals surface area (Å²) < 4.78 is 3.39. The highest BCUT2D eigenvalue weighted by atomic mass is 79.9. The molecule has 1 heterocycles. The molecule has 0 spiro atoms. The number of rotatable bonds is 2. The zero-order valence-corrected chi connectivity index (χ0v) is 14.3. The van der Waals surface area contributed by atoms with E-state index in [-0.39, 0.29) is 11.1 Å². The quantitative estimate of drug-likeness (QED) is 0.662. The Morgan fingerprint density at radius 1 is 1.19 bits per heavy atom. The lowest BCUT2D eigenvalue weighted by molar-refractivity contribution is 0.0697. The highest BCUT2D eigenvalue weighted by molar-refractivity contribution is 9.11. The summed E-state index contributed by atoms with van der Waals surface area (Å²) in [7, 11) is 0. The second kappa shape index (κ2) is 5.40. The first kappa shape index (κ1) is 14.5. The van der Waals surface area contributed by atoms with Gasteiger partial charge in [-0.25, -0.2) is 8.75 Å². The van der Waals surface area contributed by atoms with Crippen LogP contribution in [0.4, 0.5) is 0 Å². The summed E-state index contributed by atoms with van der Waals surface area (Å²) in [6.07, 6.45) is 0. The van der Waals surface area contributed by atoms with E-state index in [1.54, 1.807) is 18.2 Å². The van der Waals surface area contributed by atoms with E-state index in [0.717, 1.165) is 4.70 Å². The molecule has 3 aromatic rings. The third-order valence-electron chi connectivity index (χ3n) is 2.95. The average Bonchev–Trinajstić information content (AvgIpc) is 2.75. The van der Waals surface area contributed by atoms with Gasteiger partial charge in [-0.2, -0.15) is 0 Å². The molecule has 0 saturated carbocycles. The molecular weight excluding hydrogens is 422 g/mol. The second-order valence-electron chi connectivity index (χ2n) is 4.28. The van der Waals surface area contributed by atoms with Crippen LogP contribution in [0.25, 0.3) is 15.8 Å². The Hall–Kier alpha value is -1.44. The molecule has 2 aromatic carbocycles. The first-order chi connectivity index (χ1) is 9.99. The predicted molar refractivity (Wildman–Crippen MR) is 89.8 cm³/mol.